The zero-order valence-electron chi connectivity index (χ0n) is 15.4. The van der Waals surface area contributed by atoms with Crippen molar-refractivity contribution in [1.29, 1.82) is 0 Å². The number of nitrogens with zero attached hydrogens (tertiary/aromatic N) is 2. The molecule has 1 amide bonds. The number of para-hydroxylation sites is 2. The van der Waals surface area contributed by atoms with Gasteiger partial charge < -0.3 is 19.9 Å². The number of benzene rings is 1. The van der Waals surface area contributed by atoms with Crippen LogP contribution >= 0.6 is 11.3 Å². The summed E-state index contributed by atoms with van der Waals surface area (Å²) in [5.74, 6) is 1.08. The molecule has 7 nitrogen and oxygen atoms in total. The highest BCUT2D eigenvalue weighted by atomic mass is 32.1. The molecule has 2 N–H and O–H groups in total. The molecule has 0 bridgehead atoms. The van der Waals surface area contributed by atoms with Crippen LogP contribution in [0.3, 0.4) is 0 Å². The van der Waals surface area contributed by atoms with Gasteiger partial charge in [0.25, 0.3) is 11.5 Å². The number of carbonyl (C=O) groups excluding carboxylic acids is 1. The van der Waals surface area contributed by atoms with E-state index in [-0.39, 0.29) is 11.5 Å². The van der Waals surface area contributed by atoms with Gasteiger partial charge in [0, 0.05) is 11.9 Å². The van der Waals surface area contributed by atoms with Crippen LogP contribution in [0.2, 0.25) is 0 Å². The Balaban J connectivity index is 1.51. The summed E-state index contributed by atoms with van der Waals surface area (Å²) in [6.45, 7) is 0.793. The van der Waals surface area contributed by atoms with Crippen LogP contribution in [0.5, 0.6) is 5.75 Å². The Bertz CT molecular complexity index is 1140. The lowest BCUT2D eigenvalue weighted by Crippen LogP contribution is -2.48. The molecule has 0 fully saturated rings. The first-order chi connectivity index (χ1) is 13.6. The van der Waals surface area contributed by atoms with Crippen LogP contribution in [-0.4, -0.2) is 35.6 Å². The lowest BCUT2D eigenvalue weighted by molar-refractivity contribution is -0.127. The van der Waals surface area contributed by atoms with Crippen molar-refractivity contribution < 1.29 is 9.53 Å². The summed E-state index contributed by atoms with van der Waals surface area (Å²) in [7, 11) is 1.60. The zero-order chi connectivity index (χ0) is 19.3. The average molecular weight is 396 g/mol. The van der Waals surface area contributed by atoms with Crippen LogP contribution in [0.4, 0.5) is 5.69 Å². The number of likely N-dealkylation sites (N-methyl/N-ethyl adjacent to an activating group) is 1. The standard InChI is InChI=1S/C20H20N4O3S/c1-21-18(25)14-9-24(12-6-2-3-7-13(12)27-14)10-16-22-19(26)17-11-5-4-8-15(11)28-20(17)23-16/h2-3,6-7,14H,4-5,8-10H2,1H3,(H,21,25)(H,22,23,26)/t14-/m0/s1. The minimum Gasteiger partial charge on any atom is -0.477 e. The van der Waals surface area contributed by atoms with E-state index in [0.29, 0.717) is 24.7 Å². The lowest BCUT2D eigenvalue weighted by Gasteiger charge is -2.35. The number of amides is 1. The summed E-state index contributed by atoms with van der Waals surface area (Å²) in [5, 5.41) is 3.40. The van der Waals surface area contributed by atoms with Crippen molar-refractivity contribution in [1.82, 2.24) is 15.3 Å². The van der Waals surface area contributed by atoms with Crippen LogP contribution in [0.25, 0.3) is 10.2 Å². The molecule has 1 atom stereocenters. The van der Waals surface area contributed by atoms with Gasteiger partial charge in [-0.25, -0.2) is 4.98 Å². The number of aromatic amines is 1. The average Bonchev–Trinajstić information content (AvgIpc) is 3.28. The maximum absolute atomic E-state index is 12.7. The number of fused-ring (bicyclic) bond motifs is 4. The summed E-state index contributed by atoms with van der Waals surface area (Å²) < 4.78 is 5.84. The van der Waals surface area contributed by atoms with Crippen molar-refractivity contribution in [2.24, 2.45) is 0 Å². The molecule has 1 aromatic carbocycles. The summed E-state index contributed by atoms with van der Waals surface area (Å²) in [6.07, 6.45) is 2.50. The van der Waals surface area contributed by atoms with Gasteiger partial charge in [0.15, 0.2) is 6.10 Å². The number of aromatic nitrogens is 2. The van der Waals surface area contributed by atoms with Gasteiger partial charge in [-0.3, -0.25) is 9.59 Å². The minimum absolute atomic E-state index is 0.0659. The first kappa shape index (κ1) is 17.2. The fraction of sp³-hybridized carbons (Fsp3) is 0.350. The molecule has 1 aliphatic carbocycles. The van der Waals surface area contributed by atoms with Crippen LogP contribution in [-0.2, 0) is 24.2 Å². The van der Waals surface area contributed by atoms with Gasteiger partial charge >= 0.3 is 0 Å². The number of carbonyl (C=O) groups is 1. The molecule has 0 unspecified atom stereocenters. The molecule has 0 spiro atoms. The summed E-state index contributed by atoms with van der Waals surface area (Å²) >= 11 is 1.63. The van der Waals surface area contributed by atoms with Gasteiger partial charge in [0.05, 0.1) is 24.2 Å². The summed E-state index contributed by atoms with van der Waals surface area (Å²) in [4.78, 5) is 36.7. The van der Waals surface area contributed by atoms with Crippen molar-refractivity contribution in [3.63, 3.8) is 0 Å². The van der Waals surface area contributed by atoms with Gasteiger partial charge in [-0.15, -0.1) is 11.3 Å². The highest BCUT2D eigenvalue weighted by Gasteiger charge is 2.30. The van der Waals surface area contributed by atoms with E-state index in [0.717, 1.165) is 35.2 Å². The molecule has 2 aliphatic rings. The van der Waals surface area contributed by atoms with Crippen molar-refractivity contribution in [3.05, 3.63) is 50.9 Å². The van der Waals surface area contributed by atoms with E-state index < -0.39 is 6.10 Å². The van der Waals surface area contributed by atoms with Gasteiger partial charge in [-0.1, -0.05) is 12.1 Å². The molecule has 1 aliphatic heterocycles. The number of hydrogen-bond donors (Lipinski definition) is 2. The van der Waals surface area contributed by atoms with Gasteiger partial charge in [-0.05, 0) is 37.0 Å². The number of hydrogen-bond acceptors (Lipinski definition) is 6. The van der Waals surface area contributed by atoms with Gasteiger partial charge in [-0.2, -0.15) is 0 Å². The molecule has 3 heterocycles. The Labute approximate surface area is 165 Å². The number of nitrogens with one attached hydrogen (secondary N) is 2. The molecular weight excluding hydrogens is 376 g/mol. The van der Waals surface area contributed by atoms with E-state index in [2.05, 4.69) is 10.3 Å². The molecule has 0 saturated heterocycles. The molecule has 8 heteroatoms. The second kappa shape index (κ2) is 6.63. The Morgan fingerprint density at radius 3 is 3.11 bits per heavy atom. The number of aryl methyl sites for hydroxylation is 2. The second-order valence-corrected chi connectivity index (χ2v) is 8.20. The first-order valence-corrected chi connectivity index (χ1v) is 10.2. The normalized spacial score (nSPS) is 17.9. The summed E-state index contributed by atoms with van der Waals surface area (Å²) in [6, 6.07) is 7.60. The Kier molecular flexibility index (Phi) is 4.08. The molecular formula is C20H20N4O3S. The minimum atomic E-state index is -0.610. The lowest BCUT2D eigenvalue weighted by atomic mass is 10.1. The van der Waals surface area contributed by atoms with E-state index in [4.69, 9.17) is 9.72 Å². The number of H-pyrrole nitrogens is 1. The third-order valence-corrected chi connectivity index (χ3v) is 6.55. The monoisotopic (exact) mass is 396 g/mol. The molecule has 0 saturated carbocycles. The van der Waals surface area contributed by atoms with Crippen LogP contribution in [0.15, 0.2) is 29.1 Å². The molecule has 3 aromatic rings. The fourth-order valence-corrected chi connectivity index (χ4v) is 5.34. The molecule has 28 heavy (non-hydrogen) atoms. The molecule has 0 radical (unpaired) electrons. The Morgan fingerprint density at radius 1 is 1.39 bits per heavy atom. The maximum atomic E-state index is 12.7. The Morgan fingerprint density at radius 2 is 2.25 bits per heavy atom. The van der Waals surface area contributed by atoms with Crippen molar-refractivity contribution in [2.45, 2.75) is 31.9 Å². The molecule has 2 aromatic heterocycles. The van der Waals surface area contributed by atoms with E-state index in [1.54, 1.807) is 18.4 Å². The molecule has 144 valence electrons. The van der Waals surface area contributed by atoms with Crippen LogP contribution < -0.4 is 20.5 Å². The quantitative estimate of drug-likeness (QED) is 0.707. The topological polar surface area (TPSA) is 87.3 Å². The predicted octanol–water partition coefficient (Wildman–Crippen LogP) is 1.99. The first-order valence-electron chi connectivity index (χ1n) is 9.39. The third kappa shape index (κ3) is 2.75. The number of rotatable bonds is 3. The van der Waals surface area contributed by atoms with E-state index >= 15 is 0 Å². The number of ether oxygens (including phenoxy) is 1. The second-order valence-electron chi connectivity index (χ2n) is 7.12. The van der Waals surface area contributed by atoms with Crippen molar-refractivity contribution in [3.8, 4) is 5.75 Å². The Hall–Kier alpha value is -2.87. The van der Waals surface area contributed by atoms with Gasteiger partial charge in [0.1, 0.15) is 16.4 Å². The number of anilines is 1. The number of thiophene rings is 1. The third-order valence-electron chi connectivity index (χ3n) is 5.36. The highest BCUT2D eigenvalue weighted by molar-refractivity contribution is 7.18. The fourth-order valence-electron chi connectivity index (χ4n) is 4.06. The van der Waals surface area contributed by atoms with E-state index in [9.17, 15) is 9.59 Å². The largest absolute Gasteiger partial charge is 0.477 e. The van der Waals surface area contributed by atoms with Gasteiger partial charge in [0.2, 0.25) is 0 Å². The predicted molar refractivity (Wildman–Crippen MR) is 108 cm³/mol. The van der Waals surface area contributed by atoms with E-state index in [1.165, 1.54) is 10.4 Å². The van der Waals surface area contributed by atoms with Crippen LogP contribution in [0, 0.1) is 0 Å². The van der Waals surface area contributed by atoms with Crippen molar-refractivity contribution >= 4 is 33.1 Å². The molecule has 5 rings (SSSR count). The SMILES string of the molecule is CNC(=O)[C@@H]1CN(Cc2nc3sc4c(c3c(=O)[nH]2)CCC4)c2ccccc2O1. The highest BCUT2D eigenvalue weighted by Crippen LogP contribution is 2.36. The summed E-state index contributed by atoms with van der Waals surface area (Å²) in [5.41, 5.74) is 2.00. The smallest absolute Gasteiger partial charge is 0.262 e. The van der Waals surface area contributed by atoms with E-state index in [1.807, 2.05) is 29.2 Å². The van der Waals surface area contributed by atoms with Crippen molar-refractivity contribution in [2.75, 3.05) is 18.5 Å². The zero-order valence-corrected chi connectivity index (χ0v) is 16.3. The van der Waals surface area contributed by atoms with Crippen LogP contribution in [0.1, 0.15) is 22.7 Å². The maximum Gasteiger partial charge on any atom is 0.262 e.